The Morgan fingerprint density at radius 2 is 1.85 bits per heavy atom. The number of halogens is 1. The van der Waals surface area contributed by atoms with Gasteiger partial charge in [0.25, 0.3) is 0 Å². The second-order valence-corrected chi connectivity index (χ2v) is 7.60. The Morgan fingerprint density at radius 1 is 1.08 bits per heavy atom. The van der Waals surface area contributed by atoms with Gasteiger partial charge >= 0.3 is 6.03 Å². The molecule has 2 aliphatic heterocycles. The molecule has 5 heteroatoms. The summed E-state index contributed by atoms with van der Waals surface area (Å²) in [5.74, 6) is 0. The minimum absolute atomic E-state index is 0.0276. The number of hydrogen-bond donors (Lipinski definition) is 1. The van der Waals surface area contributed by atoms with Gasteiger partial charge in [-0.15, -0.1) is 0 Å². The number of nitrogens with zero attached hydrogens (tertiary/aromatic N) is 2. The summed E-state index contributed by atoms with van der Waals surface area (Å²) in [6, 6.07) is 16.8. The molecule has 0 saturated carbocycles. The highest BCUT2D eigenvalue weighted by Gasteiger charge is 2.31. The molecule has 2 aliphatic rings. The van der Waals surface area contributed by atoms with Crippen LogP contribution in [0.4, 0.5) is 4.79 Å². The molecule has 2 heterocycles. The van der Waals surface area contributed by atoms with E-state index in [1.165, 1.54) is 11.1 Å². The summed E-state index contributed by atoms with van der Waals surface area (Å²) in [5.41, 5.74) is 3.97. The van der Waals surface area contributed by atoms with Gasteiger partial charge in [0, 0.05) is 43.8 Å². The number of carbonyl (C=O) groups is 1. The second-order valence-electron chi connectivity index (χ2n) is 7.16. The van der Waals surface area contributed by atoms with Crippen LogP contribution in [0.2, 0.25) is 5.02 Å². The van der Waals surface area contributed by atoms with Crippen molar-refractivity contribution in [3.8, 4) is 0 Å². The first kappa shape index (κ1) is 17.4. The molecular weight excluding hydrogens is 346 g/mol. The summed E-state index contributed by atoms with van der Waals surface area (Å²) in [4.78, 5) is 17.0. The van der Waals surface area contributed by atoms with Crippen molar-refractivity contribution in [1.82, 2.24) is 15.1 Å². The van der Waals surface area contributed by atoms with E-state index in [0.29, 0.717) is 17.6 Å². The normalized spacial score (nSPS) is 20.0. The molecule has 26 heavy (non-hydrogen) atoms. The molecule has 0 spiro atoms. The molecule has 1 N–H and O–H groups in total. The molecule has 1 saturated heterocycles. The quantitative estimate of drug-likeness (QED) is 0.895. The van der Waals surface area contributed by atoms with Crippen LogP contribution in [0, 0.1) is 0 Å². The lowest BCUT2D eigenvalue weighted by molar-refractivity contribution is 0.173. The lowest BCUT2D eigenvalue weighted by Crippen LogP contribution is -2.43. The van der Waals surface area contributed by atoms with Crippen LogP contribution in [0.5, 0.6) is 0 Å². The molecule has 1 atom stereocenters. The van der Waals surface area contributed by atoms with Crippen molar-refractivity contribution in [3.05, 3.63) is 70.2 Å². The van der Waals surface area contributed by atoms with E-state index in [1.807, 2.05) is 29.2 Å². The first-order valence-electron chi connectivity index (χ1n) is 9.27. The SMILES string of the molecule is O=C(NCc1ccc(Cl)cc1)N1CCC(N2CCc3ccccc3C2)C1. The van der Waals surface area contributed by atoms with Crippen molar-refractivity contribution in [3.63, 3.8) is 0 Å². The fourth-order valence-electron chi connectivity index (χ4n) is 3.95. The van der Waals surface area contributed by atoms with E-state index < -0.39 is 0 Å². The highest BCUT2D eigenvalue weighted by molar-refractivity contribution is 6.30. The Balaban J connectivity index is 1.29. The average molecular weight is 370 g/mol. The second kappa shape index (κ2) is 7.68. The molecule has 1 fully saturated rings. The lowest BCUT2D eigenvalue weighted by atomic mass is 9.98. The maximum atomic E-state index is 12.5. The van der Waals surface area contributed by atoms with Crippen LogP contribution >= 0.6 is 11.6 Å². The number of likely N-dealkylation sites (tertiary alicyclic amines) is 1. The van der Waals surface area contributed by atoms with Crippen LogP contribution in [0.1, 0.15) is 23.1 Å². The predicted octanol–water partition coefficient (Wildman–Crippen LogP) is 3.68. The number of carbonyl (C=O) groups excluding carboxylic acids is 1. The van der Waals surface area contributed by atoms with E-state index in [9.17, 15) is 4.79 Å². The number of benzene rings is 2. The van der Waals surface area contributed by atoms with Gasteiger partial charge in [-0.1, -0.05) is 48.0 Å². The van der Waals surface area contributed by atoms with Gasteiger partial charge in [0.2, 0.25) is 0 Å². The first-order valence-corrected chi connectivity index (χ1v) is 9.65. The molecule has 4 nitrogen and oxygen atoms in total. The molecule has 0 radical (unpaired) electrons. The van der Waals surface area contributed by atoms with Gasteiger partial charge in [0.1, 0.15) is 0 Å². The number of amides is 2. The molecule has 0 bridgehead atoms. The maximum absolute atomic E-state index is 12.5. The van der Waals surface area contributed by atoms with Gasteiger partial charge in [-0.3, -0.25) is 4.90 Å². The summed E-state index contributed by atoms with van der Waals surface area (Å²) in [6.45, 7) is 4.27. The molecule has 0 aromatic heterocycles. The molecule has 1 unspecified atom stereocenters. The van der Waals surface area contributed by atoms with Crippen LogP contribution < -0.4 is 5.32 Å². The van der Waals surface area contributed by atoms with Crippen LogP contribution in [0.3, 0.4) is 0 Å². The van der Waals surface area contributed by atoms with Crippen molar-refractivity contribution in [2.45, 2.75) is 32.0 Å². The van der Waals surface area contributed by atoms with E-state index in [1.54, 1.807) is 0 Å². The standard InChI is InChI=1S/C21H24ClN3O/c22-19-7-5-16(6-8-19)13-23-21(26)25-12-10-20(15-25)24-11-9-17-3-1-2-4-18(17)14-24/h1-8,20H,9-15H2,(H,23,26). The fourth-order valence-corrected chi connectivity index (χ4v) is 4.07. The number of nitrogens with one attached hydrogen (secondary N) is 1. The van der Waals surface area contributed by atoms with Crippen molar-refractivity contribution in [2.75, 3.05) is 19.6 Å². The first-order chi connectivity index (χ1) is 12.7. The maximum Gasteiger partial charge on any atom is 0.317 e. The lowest BCUT2D eigenvalue weighted by Gasteiger charge is -2.33. The zero-order valence-corrected chi connectivity index (χ0v) is 15.6. The number of hydrogen-bond acceptors (Lipinski definition) is 2. The van der Waals surface area contributed by atoms with Gasteiger partial charge in [-0.05, 0) is 41.7 Å². The van der Waals surface area contributed by atoms with Crippen molar-refractivity contribution >= 4 is 17.6 Å². The molecule has 2 amide bonds. The van der Waals surface area contributed by atoms with E-state index in [0.717, 1.165) is 44.6 Å². The molecular formula is C21H24ClN3O. The third-order valence-electron chi connectivity index (χ3n) is 5.48. The molecule has 4 rings (SSSR count). The van der Waals surface area contributed by atoms with Crippen LogP contribution in [0.25, 0.3) is 0 Å². The number of rotatable bonds is 3. The van der Waals surface area contributed by atoms with Crippen LogP contribution in [0.15, 0.2) is 48.5 Å². The molecule has 2 aromatic carbocycles. The van der Waals surface area contributed by atoms with E-state index in [-0.39, 0.29) is 6.03 Å². The predicted molar refractivity (Wildman–Crippen MR) is 104 cm³/mol. The van der Waals surface area contributed by atoms with Crippen LogP contribution in [-0.4, -0.2) is 41.5 Å². The Bertz CT molecular complexity index is 777. The smallest absolute Gasteiger partial charge is 0.317 e. The molecule has 0 aliphatic carbocycles. The monoisotopic (exact) mass is 369 g/mol. The molecule has 2 aromatic rings. The van der Waals surface area contributed by atoms with E-state index >= 15 is 0 Å². The van der Waals surface area contributed by atoms with Gasteiger partial charge < -0.3 is 10.2 Å². The Labute approximate surface area is 159 Å². The minimum Gasteiger partial charge on any atom is -0.334 e. The van der Waals surface area contributed by atoms with Crippen LogP contribution in [-0.2, 0) is 19.5 Å². The van der Waals surface area contributed by atoms with Gasteiger partial charge in [0.05, 0.1) is 0 Å². The van der Waals surface area contributed by atoms with E-state index in [2.05, 4.69) is 34.5 Å². The third-order valence-corrected chi connectivity index (χ3v) is 5.74. The third kappa shape index (κ3) is 3.87. The topological polar surface area (TPSA) is 35.6 Å². The van der Waals surface area contributed by atoms with Gasteiger partial charge in [0.15, 0.2) is 0 Å². The van der Waals surface area contributed by atoms with Crippen molar-refractivity contribution < 1.29 is 4.79 Å². The largest absolute Gasteiger partial charge is 0.334 e. The summed E-state index contributed by atoms with van der Waals surface area (Å²) in [6.07, 6.45) is 2.16. The highest BCUT2D eigenvalue weighted by atomic mass is 35.5. The minimum atomic E-state index is 0.0276. The van der Waals surface area contributed by atoms with E-state index in [4.69, 9.17) is 11.6 Å². The number of urea groups is 1. The summed E-state index contributed by atoms with van der Waals surface area (Å²) in [5, 5.41) is 3.74. The van der Waals surface area contributed by atoms with Crippen molar-refractivity contribution in [2.24, 2.45) is 0 Å². The van der Waals surface area contributed by atoms with Gasteiger partial charge in [-0.2, -0.15) is 0 Å². The average Bonchev–Trinajstić information content (AvgIpc) is 3.17. The summed E-state index contributed by atoms with van der Waals surface area (Å²) < 4.78 is 0. The Hall–Kier alpha value is -2.04. The van der Waals surface area contributed by atoms with Crippen molar-refractivity contribution in [1.29, 1.82) is 0 Å². The Morgan fingerprint density at radius 3 is 2.65 bits per heavy atom. The Kier molecular flexibility index (Phi) is 5.14. The summed E-state index contributed by atoms with van der Waals surface area (Å²) >= 11 is 5.90. The van der Waals surface area contributed by atoms with Gasteiger partial charge in [-0.25, -0.2) is 4.79 Å². The zero-order valence-electron chi connectivity index (χ0n) is 14.8. The molecule has 136 valence electrons. The number of fused-ring (bicyclic) bond motifs is 1. The fraction of sp³-hybridized carbons (Fsp3) is 0.381. The highest BCUT2D eigenvalue weighted by Crippen LogP contribution is 2.24. The zero-order chi connectivity index (χ0) is 17.9. The summed E-state index contributed by atoms with van der Waals surface area (Å²) in [7, 11) is 0.